The van der Waals surface area contributed by atoms with Crippen LogP contribution in [0.3, 0.4) is 0 Å². The normalized spacial score (nSPS) is 21.0. The number of halogens is 1. The highest BCUT2D eigenvalue weighted by molar-refractivity contribution is 6.31. The lowest BCUT2D eigenvalue weighted by molar-refractivity contribution is -0.164. The summed E-state index contributed by atoms with van der Waals surface area (Å²) in [5, 5.41) is 12.7. The first-order valence-corrected chi connectivity index (χ1v) is 14.8. The van der Waals surface area contributed by atoms with Gasteiger partial charge < -0.3 is 19.7 Å². The van der Waals surface area contributed by atoms with Crippen LogP contribution in [-0.4, -0.2) is 77.3 Å². The number of rotatable bonds is 5. The molecule has 0 atom stereocenters. The Morgan fingerprint density at radius 1 is 1.09 bits per heavy atom. The van der Waals surface area contributed by atoms with Crippen LogP contribution in [0.2, 0.25) is 5.02 Å². The molecule has 1 aromatic heterocycles. The molecule has 228 valence electrons. The van der Waals surface area contributed by atoms with E-state index < -0.39 is 5.60 Å². The number of amides is 2. The van der Waals surface area contributed by atoms with Crippen LogP contribution in [0.4, 0.5) is 4.79 Å². The van der Waals surface area contributed by atoms with Crippen molar-refractivity contribution in [2.24, 2.45) is 10.8 Å². The van der Waals surface area contributed by atoms with Gasteiger partial charge in [-0.25, -0.2) is 9.78 Å². The third kappa shape index (κ3) is 7.41. The molecule has 1 aliphatic heterocycles. The summed E-state index contributed by atoms with van der Waals surface area (Å²) in [5.41, 5.74) is 0.205. The van der Waals surface area contributed by atoms with Gasteiger partial charge in [0.05, 0.1) is 22.7 Å². The second-order valence-corrected chi connectivity index (χ2v) is 13.7. The van der Waals surface area contributed by atoms with Gasteiger partial charge in [-0.2, -0.15) is 5.26 Å². The smallest absolute Gasteiger partial charge is 0.410 e. The van der Waals surface area contributed by atoms with Crippen molar-refractivity contribution in [3.63, 3.8) is 0 Å². The summed E-state index contributed by atoms with van der Waals surface area (Å²) in [5.74, 6) is 6.60. The van der Waals surface area contributed by atoms with Crippen LogP contribution in [0.25, 0.3) is 0 Å². The fraction of sp³-hybridized carbons (Fsp3) is 0.515. The molecular formula is C33H40ClN5O4. The Morgan fingerprint density at radius 3 is 2.33 bits per heavy atom. The third-order valence-corrected chi connectivity index (χ3v) is 8.31. The molecule has 1 saturated heterocycles. The summed E-state index contributed by atoms with van der Waals surface area (Å²) in [4.78, 5) is 33.7. The quantitative estimate of drug-likeness (QED) is 0.471. The van der Waals surface area contributed by atoms with Gasteiger partial charge in [0, 0.05) is 55.3 Å². The summed E-state index contributed by atoms with van der Waals surface area (Å²) < 4.78 is 11.8. The van der Waals surface area contributed by atoms with Crippen molar-refractivity contribution in [1.29, 1.82) is 5.26 Å². The number of aromatic nitrogens is 1. The van der Waals surface area contributed by atoms with Crippen LogP contribution in [0, 0.1) is 34.0 Å². The van der Waals surface area contributed by atoms with E-state index in [1.54, 1.807) is 41.4 Å². The molecule has 0 spiro atoms. The summed E-state index contributed by atoms with van der Waals surface area (Å²) in [6.45, 7) is 17.1. The average molecular weight is 606 g/mol. The molecular weight excluding hydrogens is 566 g/mol. The molecule has 0 unspecified atom stereocenters. The van der Waals surface area contributed by atoms with Crippen LogP contribution in [0.5, 0.6) is 5.75 Å². The molecule has 2 aromatic rings. The number of benzene rings is 1. The zero-order valence-corrected chi connectivity index (χ0v) is 26.7. The maximum absolute atomic E-state index is 13.2. The van der Waals surface area contributed by atoms with E-state index in [0.717, 1.165) is 13.1 Å². The second kappa shape index (κ2) is 12.4. The van der Waals surface area contributed by atoms with E-state index in [-0.39, 0.29) is 35.0 Å². The predicted octanol–water partition coefficient (Wildman–Crippen LogP) is 5.12. The average Bonchev–Trinajstić information content (AvgIpc) is 2.94. The zero-order chi connectivity index (χ0) is 31.6. The molecule has 1 N–H and O–H groups in total. The minimum Gasteiger partial charge on any atom is -0.489 e. The highest BCUT2D eigenvalue weighted by Gasteiger charge is 2.64. The number of carbonyl (C=O) groups excluding carboxylic acids is 2. The molecule has 2 aliphatic rings. The number of nitrogens with one attached hydrogen (secondary N) is 1. The lowest BCUT2D eigenvalue weighted by Gasteiger charge is -2.63. The number of nitrogens with zero attached hydrogens (tertiary/aromatic N) is 4. The van der Waals surface area contributed by atoms with E-state index in [1.165, 1.54) is 0 Å². The van der Waals surface area contributed by atoms with E-state index in [1.807, 2.05) is 20.8 Å². The van der Waals surface area contributed by atoms with Gasteiger partial charge in [-0.05, 0) is 51.0 Å². The summed E-state index contributed by atoms with van der Waals surface area (Å²) in [6, 6.07) is 10.4. The van der Waals surface area contributed by atoms with E-state index in [9.17, 15) is 9.59 Å². The molecule has 1 aromatic carbocycles. The first kappa shape index (κ1) is 32.1. The lowest BCUT2D eigenvalue weighted by atomic mass is 9.49. The Morgan fingerprint density at radius 2 is 1.77 bits per heavy atom. The highest BCUT2D eigenvalue weighted by atomic mass is 35.5. The third-order valence-electron chi connectivity index (χ3n) is 8.00. The van der Waals surface area contributed by atoms with Gasteiger partial charge in [-0.15, -0.1) is 0 Å². The van der Waals surface area contributed by atoms with Crippen molar-refractivity contribution in [3.05, 3.63) is 58.4 Å². The predicted molar refractivity (Wildman–Crippen MR) is 165 cm³/mol. The maximum atomic E-state index is 13.2. The molecule has 1 aliphatic carbocycles. The van der Waals surface area contributed by atoms with Gasteiger partial charge in [0.1, 0.15) is 29.2 Å². The molecule has 43 heavy (non-hydrogen) atoms. The number of nitriles is 1. The molecule has 2 heterocycles. The van der Waals surface area contributed by atoms with E-state index in [2.05, 4.69) is 60.8 Å². The maximum Gasteiger partial charge on any atom is 0.410 e. The van der Waals surface area contributed by atoms with Crippen LogP contribution >= 0.6 is 11.6 Å². The first-order valence-electron chi connectivity index (χ1n) is 14.4. The molecule has 9 nitrogen and oxygen atoms in total. The standard InChI is InChI=1S/C33H40ClN5O4/c1-31(2,3)43-30(41)39-17-15-38(16-18-39)14-8-9-24-12-10-23(21-36-24)27(40)37-28-32(4,5)29(33(28,6)7)42-25-13-11-22(20-35)26(34)19-25/h10-13,19,21,28-29H,14-18H2,1-7H3,(H,37,40)/t28-,29-. The molecule has 0 radical (unpaired) electrons. The van der Waals surface area contributed by atoms with Crippen LogP contribution in [0.15, 0.2) is 36.5 Å². The fourth-order valence-corrected chi connectivity index (χ4v) is 6.28. The van der Waals surface area contributed by atoms with Crippen LogP contribution in [0.1, 0.15) is 70.1 Å². The Balaban J connectivity index is 1.29. The van der Waals surface area contributed by atoms with E-state index in [4.69, 9.17) is 26.3 Å². The molecule has 0 bridgehead atoms. The summed E-state index contributed by atoms with van der Waals surface area (Å²) in [6.07, 6.45) is 1.08. The molecule has 1 saturated carbocycles. The molecule has 2 fully saturated rings. The summed E-state index contributed by atoms with van der Waals surface area (Å²) in [7, 11) is 0. The lowest BCUT2D eigenvalue weighted by Crippen LogP contribution is -2.74. The number of ether oxygens (including phenoxy) is 2. The zero-order valence-electron chi connectivity index (χ0n) is 26.0. The molecule has 10 heteroatoms. The van der Waals surface area contributed by atoms with Crippen molar-refractivity contribution in [2.45, 2.75) is 66.2 Å². The number of piperazine rings is 1. The Hall–Kier alpha value is -3.79. The topological polar surface area (TPSA) is 108 Å². The van der Waals surface area contributed by atoms with Crippen molar-refractivity contribution in [3.8, 4) is 23.7 Å². The largest absolute Gasteiger partial charge is 0.489 e. The molecule has 2 amide bonds. The van der Waals surface area contributed by atoms with E-state index >= 15 is 0 Å². The Labute approximate surface area is 259 Å². The Kier molecular flexibility index (Phi) is 9.30. The SMILES string of the molecule is CC(C)(C)OC(=O)N1CCN(CC#Cc2ccc(C(=O)N[C@H]3C(C)(C)[C@H](Oc4ccc(C#N)c(Cl)c4)C3(C)C)cn2)CC1. The van der Waals surface area contributed by atoms with Crippen molar-refractivity contribution >= 4 is 23.6 Å². The van der Waals surface area contributed by atoms with Gasteiger partial charge in [0.15, 0.2) is 0 Å². The Bertz CT molecular complexity index is 1440. The minimum atomic E-state index is -0.505. The number of hydrogen-bond donors (Lipinski definition) is 1. The van der Waals surface area contributed by atoms with Gasteiger partial charge in [0.2, 0.25) is 0 Å². The number of hydrogen-bond acceptors (Lipinski definition) is 7. The number of pyridine rings is 1. The second-order valence-electron chi connectivity index (χ2n) is 13.3. The highest BCUT2D eigenvalue weighted by Crippen LogP contribution is 2.55. The monoisotopic (exact) mass is 605 g/mol. The fourth-order valence-electron chi connectivity index (χ4n) is 6.07. The van der Waals surface area contributed by atoms with Crippen molar-refractivity contribution in [2.75, 3.05) is 32.7 Å². The van der Waals surface area contributed by atoms with Gasteiger partial charge >= 0.3 is 6.09 Å². The van der Waals surface area contributed by atoms with Gasteiger partial charge in [0.25, 0.3) is 5.91 Å². The van der Waals surface area contributed by atoms with Crippen molar-refractivity contribution in [1.82, 2.24) is 20.1 Å². The van der Waals surface area contributed by atoms with Crippen LogP contribution in [-0.2, 0) is 4.74 Å². The van der Waals surface area contributed by atoms with E-state index in [0.29, 0.717) is 47.2 Å². The van der Waals surface area contributed by atoms with Gasteiger partial charge in [-0.1, -0.05) is 45.2 Å². The van der Waals surface area contributed by atoms with Crippen molar-refractivity contribution < 1.29 is 19.1 Å². The number of carbonyl (C=O) groups is 2. The summed E-state index contributed by atoms with van der Waals surface area (Å²) >= 11 is 6.20. The molecule has 4 rings (SSSR count). The minimum absolute atomic E-state index is 0.151. The first-order chi connectivity index (χ1) is 20.1. The van der Waals surface area contributed by atoms with Crippen LogP contribution < -0.4 is 10.1 Å². The van der Waals surface area contributed by atoms with Gasteiger partial charge in [-0.3, -0.25) is 9.69 Å².